The maximum atomic E-state index is 2.39. The van der Waals surface area contributed by atoms with Gasteiger partial charge >= 0.3 is 101 Å². The van der Waals surface area contributed by atoms with Crippen LogP contribution < -0.4 is 0 Å². The third-order valence-corrected chi connectivity index (χ3v) is 4.42. The van der Waals surface area contributed by atoms with Gasteiger partial charge in [-0.1, -0.05) is 0 Å². The molecule has 1 aliphatic rings. The molecule has 2 rings (SSSR count). The van der Waals surface area contributed by atoms with Crippen LogP contribution in [0.1, 0.15) is 25.3 Å². The molecule has 0 N–H and O–H groups in total. The first-order valence-corrected chi connectivity index (χ1v) is 6.80. The summed E-state index contributed by atoms with van der Waals surface area (Å²) in [5.74, 6) is 0. The van der Waals surface area contributed by atoms with Gasteiger partial charge in [0.15, 0.2) is 0 Å². The second-order valence-electron chi connectivity index (χ2n) is 3.57. The summed E-state index contributed by atoms with van der Waals surface area (Å²) in [7, 11) is 0. The van der Waals surface area contributed by atoms with E-state index in [-0.39, 0.29) is 0 Å². The van der Waals surface area contributed by atoms with E-state index in [0.717, 1.165) is 0 Å². The number of allylic oxidation sites excluding steroid dienone is 4. The Hall–Kier alpha value is -0.430. The van der Waals surface area contributed by atoms with Gasteiger partial charge in [-0.05, 0) is 0 Å². The first-order chi connectivity index (χ1) is 6.81. The first kappa shape index (κ1) is 10.1. The van der Waals surface area contributed by atoms with Crippen molar-refractivity contribution in [2.75, 3.05) is 0 Å². The summed E-state index contributed by atoms with van der Waals surface area (Å²) in [5, 5.41) is 0. The van der Waals surface area contributed by atoms with Gasteiger partial charge in [0.25, 0.3) is 0 Å². The van der Waals surface area contributed by atoms with E-state index >= 15 is 0 Å². The van der Waals surface area contributed by atoms with Gasteiger partial charge < -0.3 is 0 Å². The SMILES string of the molecule is CCC1=[C]([Hf])CC(c2ccccc2)=C1. The third-order valence-electron chi connectivity index (χ3n) is 2.63. The summed E-state index contributed by atoms with van der Waals surface area (Å²) in [6, 6.07) is 10.7. The van der Waals surface area contributed by atoms with E-state index in [4.69, 9.17) is 0 Å². The fourth-order valence-corrected chi connectivity index (χ4v) is 3.38. The third kappa shape index (κ3) is 1.98. The zero-order valence-electron chi connectivity index (χ0n) is 8.38. The Balaban J connectivity index is 2.27. The van der Waals surface area contributed by atoms with Crippen molar-refractivity contribution >= 4 is 5.57 Å². The van der Waals surface area contributed by atoms with E-state index in [1.54, 1.807) is 8.90 Å². The average molecular weight is 348 g/mol. The molecule has 1 heteroatoms. The fraction of sp³-hybridized carbons (Fsp3) is 0.231. The van der Waals surface area contributed by atoms with Crippen LogP contribution in [0.4, 0.5) is 0 Å². The van der Waals surface area contributed by atoms with E-state index in [0.29, 0.717) is 0 Å². The first-order valence-electron chi connectivity index (χ1n) is 5.01. The van der Waals surface area contributed by atoms with Crippen molar-refractivity contribution in [2.24, 2.45) is 0 Å². The van der Waals surface area contributed by atoms with Crippen molar-refractivity contribution in [2.45, 2.75) is 19.8 Å². The van der Waals surface area contributed by atoms with Crippen molar-refractivity contribution in [3.05, 3.63) is 50.9 Å². The number of benzene rings is 1. The summed E-state index contributed by atoms with van der Waals surface area (Å²) in [5.41, 5.74) is 4.48. The van der Waals surface area contributed by atoms with E-state index in [1.807, 2.05) is 0 Å². The van der Waals surface area contributed by atoms with Gasteiger partial charge in [-0.3, -0.25) is 0 Å². The molecule has 14 heavy (non-hydrogen) atoms. The molecular weight excluding hydrogens is 335 g/mol. The minimum atomic E-state index is 1.19. The molecule has 0 saturated carbocycles. The Labute approximate surface area is 100 Å². The van der Waals surface area contributed by atoms with Crippen LogP contribution in [0.15, 0.2) is 45.3 Å². The molecule has 0 amide bonds. The van der Waals surface area contributed by atoms with Crippen molar-refractivity contribution in [1.82, 2.24) is 0 Å². The van der Waals surface area contributed by atoms with Crippen LogP contribution in [0.5, 0.6) is 0 Å². The predicted octanol–water partition coefficient (Wildman–Crippen LogP) is 3.68. The topological polar surface area (TPSA) is 0 Å². The molecule has 1 aromatic rings. The van der Waals surface area contributed by atoms with E-state index in [2.05, 4.69) is 43.3 Å². The van der Waals surface area contributed by atoms with Crippen molar-refractivity contribution < 1.29 is 24.4 Å². The van der Waals surface area contributed by atoms with Crippen LogP contribution >= 0.6 is 0 Å². The van der Waals surface area contributed by atoms with E-state index < -0.39 is 0 Å². The van der Waals surface area contributed by atoms with Gasteiger partial charge in [0.1, 0.15) is 0 Å². The van der Waals surface area contributed by atoms with Gasteiger partial charge in [0.2, 0.25) is 0 Å². The minimum absolute atomic E-state index is 1.19. The summed E-state index contributed by atoms with van der Waals surface area (Å²) < 4.78 is 1.67. The molecule has 0 nitrogen and oxygen atoms in total. The molecule has 1 aromatic carbocycles. The van der Waals surface area contributed by atoms with Crippen LogP contribution in [0.25, 0.3) is 5.57 Å². The number of hydrogen-bond acceptors (Lipinski definition) is 0. The number of rotatable bonds is 2. The quantitative estimate of drug-likeness (QED) is 0.716. The van der Waals surface area contributed by atoms with Crippen LogP contribution in [-0.4, -0.2) is 0 Å². The van der Waals surface area contributed by atoms with Crippen molar-refractivity contribution in [1.29, 1.82) is 0 Å². The molecule has 0 bridgehead atoms. The molecule has 0 fully saturated rings. The van der Waals surface area contributed by atoms with Gasteiger partial charge in [0.05, 0.1) is 0 Å². The molecule has 0 radical (unpaired) electrons. The molecule has 0 saturated heterocycles. The molecular formula is C13H13Hf. The summed E-state index contributed by atoms with van der Waals surface area (Å²) in [6.45, 7) is 2.25. The number of hydrogen-bond donors (Lipinski definition) is 0. The van der Waals surface area contributed by atoms with E-state index in [9.17, 15) is 0 Å². The van der Waals surface area contributed by atoms with Crippen LogP contribution in [0.2, 0.25) is 0 Å². The zero-order valence-corrected chi connectivity index (χ0v) is 12.0. The molecule has 0 unspecified atom stereocenters. The monoisotopic (exact) mass is 349 g/mol. The molecule has 1 aliphatic carbocycles. The molecule has 69 valence electrons. The van der Waals surface area contributed by atoms with Crippen LogP contribution in [-0.2, 0) is 24.4 Å². The Morgan fingerprint density at radius 1 is 1.21 bits per heavy atom. The predicted molar refractivity (Wildman–Crippen MR) is 56.4 cm³/mol. The average Bonchev–Trinajstić information content (AvgIpc) is 2.61. The molecule has 0 aliphatic heterocycles. The van der Waals surface area contributed by atoms with Gasteiger partial charge in [-0.2, -0.15) is 0 Å². The zero-order chi connectivity index (χ0) is 9.97. The molecule has 0 aromatic heterocycles. The van der Waals surface area contributed by atoms with Crippen LogP contribution in [0.3, 0.4) is 0 Å². The summed E-state index contributed by atoms with van der Waals surface area (Å²) >= 11 is 1.21. The molecule has 0 atom stereocenters. The summed E-state index contributed by atoms with van der Waals surface area (Å²) in [4.78, 5) is 0. The van der Waals surface area contributed by atoms with E-state index in [1.165, 1.54) is 48.4 Å². The fourth-order valence-electron chi connectivity index (χ4n) is 1.81. The second kappa shape index (κ2) is 4.39. The standard InChI is InChI=1S/C13H13.Hf/c1-2-11-8-9-13(10-11)12-6-4-3-5-7-12;/h3-7,10H,2,9H2,1H3;. The Morgan fingerprint density at radius 3 is 2.50 bits per heavy atom. The Kier molecular flexibility index (Phi) is 3.17. The normalized spacial score (nSPS) is 15.9. The van der Waals surface area contributed by atoms with Crippen molar-refractivity contribution in [3.63, 3.8) is 0 Å². The summed E-state index contributed by atoms with van der Waals surface area (Å²) in [6.07, 6.45) is 4.77. The maximum absolute atomic E-state index is 2.39. The Morgan fingerprint density at radius 2 is 1.93 bits per heavy atom. The molecule has 0 spiro atoms. The van der Waals surface area contributed by atoms with Crippen LogP contribution in [0, 0.1) is 0 Å². The van der Waals surface area contributed by atoms with Gasteiger partial charge in [0, 0.05) is 0 Å². The van der Waals surface area contributed by atoms with Gasteiger partial charge in [-0.25, -0.2) is 0 Å². The van der Waals surface area contributed by atoms with Crippen molar-refractivity contribution in [3.8, 4) is 0 Å². The Bertz CT molecular complexity index is 385. The molecule has 0 heterocycles. The second-order valence-corrected chi connectivity index (χ2v) is 5.74. The van der Waals surface area contributed by atoms with Gasteiger partial charge in [-0.15, -0.1) is 0 Å².